The molecule has 2 N–H and O–H groups in total. The summed E-state index contributed by atoms with van der Waals surface area (Å²) in [7, 11) is -3.74. The quantitative estimate of drug-likeness (QED) is 0.687. The number of morpholine rings is 1. The second kappa shape index (κ2) is 9.58. The summed E-state index contributed by atoms with van der Waals surface area (Å²) >= 11 is 0. The van der Waals surface area contributed by atoms with Crippen LogP contribution in [0, 0.1) is 5.82 Å². The third-order valence-corrected chi connectivity index (χ3v) is 7.82. The van der Waals surface area contributed by atoms with Crippen LogP contribution in [0.1, 0.15) is 23.5 Å². The Morgan fingerprint density at radius 2 is 2.00 bits per heavy atom. The molecule has 2 saturated heterocycles. The number of ether oxygens (including phenoxy) is 2. The molecule has 2 aromatic rings. The molecule has 2 unspecified atom stereocenters. The molecule has 31 heavy (non-hydrogen) atoms. The highest BCUT2D eigenvalue weighted by atomic mass is 32.2. The van der Waals surface area contributed by atoms with Crippen molar-refractivity contribution in [3.05, 3.63) is 59.5 Å². The molecule has 0 amide bonds. The topological polar surface area (TPSA) is 98.0 Å². The van der Waals surface area contributed by atoms with Gasteiger partial charge < -0.3 is 15.2 Å². The molecular formula is C21H27FN4O4S. The lowest BCUT2D eigenvalue weighted by Gasteiger charge is -2.32. The summed E-state index contributed by atoms with van der Waals surface area (Å²) in [4.78, 5) is 4.18. The molecule has 0 radical (unpaired) electrons. The first-order valence-corrected chi connectivity index (χ1v) is 11.8. The smallest absolute Gasteiger partial charge is 0.282 e. The van der Waals surface area contributed by atoms with Gasteiger partial charge in [-0.1, -0.05) is 18.2 Å². The average molecular weight is 451 g/mol. The molecule has 1 aromatic carbocycles. The van der Waals surface area contributed by atoms with Gasteiger partial charge in [-0.05, 0) is 29.7 Å². The lowest BCUT2D eigenvalue weighted by Crippen LogP contribution is -2.51. The van der Waals surface area contributed by atoms with Crippen LogP contribution in [0.5, 0.6) is 5.88 Å². The number of hydrogen-bond donors (Lipinski definition) is 1. The van der Waals surface area contributed by atoms with E-state index in [1.807, 2.05) is 0 Å². The number of aromatic nitrogens is 1. The van der Waals surface area contributed by atoms with E-state index >= 15 is 0 Å². The van der Waals surface area contributed by atoms with Gasteiger partial charge in [0.2, 0.25) is 5.88 Å². The summed E-state index contributed by atoms with van der Waals surface area (Å²) < 4.78 is 55.2. The van der Waals surface area contributed by atoms with Gasteiger partial charge >= 0.3 is 0 Å². The van der Waals surface area contributed by atoms with E-state index in [1.165, 1.54) is 14.7 Å². The fourth-order valence-corrected chi connectivity index (χ4v) is 5.91. The monoisotopic (exact) mass is 450 g/mol. The van der Waals surface area contributed by atoms with Crippen LogP contribution < -0.4 is 10.5 Å². The third-order valence-electron chi connectivity index (χ3n) is 5.76. The van der Waals surface area contributed by atoms with E-state index in [1.54, 1.807) is 36.5 Å². The minimum absolute atomic E-state index is 0.121. The Balaban J connectivity index is 1.56. The molecule has 0 saturated carbocycles. The molecule has 168 valence electrons. The van der Waals surface area contributed by atoms with Crippen LogP contribution in [-0.2, 0) is 21.5 Å². The van der Waals surface area contributed by atoms with Crippen LogP contribution >= 0.6 is 0 Å². The van der Waals surface area contributed by atoms with E-state index in [-0.39, 0.29) is 24.9 Å². The van der Waals surface area contributed by atoms with Crippen molar-refractivity contribution in [2.75, 3.05) is 39.5 Å². The first kappa shape index (κ1) is 22.1. The van der Waals surface area contributed by atoms with Crippen molar-refractivity contribution in [1.82, 2.24) is 13.6 Å². The zero-order valence-corrected chi connectivity index (χ0v) is 18.0. The van der Waals surface area contributed by atoms with Gasteiger partial charge in [0.05, 0.1) is 19.3 Å². The molecule has 0 spiro atoms. The van der Waals surface area contributed by atoms with Gasteiger partial charge in [-0.25, -0.2) is 9.37 Å². The first-order valence-electron chi connectivity index (χ1n) is 10.4. The Morgan fingerprint density at radius 3 is 2.74 bits per heavy atom. The van der Waals surface area contributed by atoms with Gasteiger partial charge in [0.1, 0.15) is 12.4 Å². The van der Waals surface area contributed by atoms with Gasteiger partial charge in [0.15, 0.2) is 0 Å². The molecule has 0 bridgehead atoms. The summed E-state index contributed by atoms with van der Waals surface area (Å²) in [6.07, 6.45) is 2.07. The summed E-state index contributed by atoms with van der Waals surface area (Å²) in [5.74, 6) is -0.190. The average Bonchev–Trinajstić information content (AvgIpc) is 3.23. The highest BCUT2D eigenvalue weighted by molar-refractivity contribution is 7.86. The number of nitrogens with zero attached hydrogens (tertiary/aromatic N) is 3. The van der Waals surface area contributed by atoms with Gasteiger partial charge in [0, 0.05) is 44.4 Å². The van der Waals surface area contributed by atoms with E-state index in [0.29, 0.717) is 50.7 Å². The minimum atomic E-state index is -3.74. The van der Waals surface area contributed by atoms with Crippen molar-refractivity contribution in [2.45, 2.75) is 24.9 Å². The standard InChI is InChI=1S/C21H27FN4O4S/c22-20-4-2-1-3-19(20)17-12-18(15-30-21-11-16(13-23)5-6-24-21)26(14-17)31(27,28)25-7-9-29-10-8-25/h1-6,11,17-18H,7-10,12-15,23H2. The summed E-state index contributed by atoms with van der Waals surface area (Å²) in [6, 6.07) is 9.62. The molecule has 3 heterocycles. The van der Waals surface area contributed by atoms with Crippen LogP contribution in [0.3, 0.4) is 0 Å². The zero-order valence-electron chi connectivity index (χ0n) is 17.2. The van der Waals surface area contributed by atoms with Crippen LogP contribution in [0.15, 0.2) is 42.6 Å². The number of hydrogen-bond acceptors (Lipinski definition) is 6. The van der Waals surface area contributed by atoms with E-state index in [0.717, 1.165) is 5.56 Å². The largest absolute Gasteiger partial charge is 0.476 e. The van der Waals surface area contributed by atoms with Crippen LogP contribution in [-0.4, -0.2) is 67.5 Å². The highest BCUT2D eigenvalue weighted by Crippen LogP contribution is 2.36. The molecule has 2 aliphatic heterocycles. The van der Waals surface area contributed by atoms with Crippen molar-refractivity contribution in [1.29, 1.82) is 0 Å². The molecule has 10 heteroatoms. The normalized spacial score (nSPS) is 23.2. The number of benzene rings is 1. The molecular weight excluding hydrogens is 423 g/mol. The second-order valence-electron chi connectivity index (χ2n) is 7.71. The predicted octanol–water partition coefficient (Wildman–Crippen LogP) is 1.49. The Bertz CT molecular complexity index is 1000. The molecule has 2 aliphatic rings. The minimum Gasteiger partial charge on any atom is -0.476 e. The molecule has 2 atom stereocenters. The van der Waals surface area contributed by atoms with Crippen molar-refractivity contribution in [2.24, 2.45) is 5.73 Å². The number of pyridine rings is 1. The molecule has 8 nitrogen and oxygen atoms in total. The highest BCUT2D eigenvalue weighted by Gasteiger charge is 2.44. The Morgan fingerprint density at radius 1 is 1.23 bits per heavy atom. The maximum Gasteiger partial charge on any atom is 0.282 e. The fraction of sp³-hybridized carbons (Fsp3) is 0.476. The van der Waals surface area contributed by atoms with E-state index < -0.39 is 16.3 Å². The lowest BCUT2D eigenvalue weighted by molar-refractivity contribution is 0.0693. The van der Waals surface area contributed by atoms with Crippen molar-refractivity contribution in [3.63, 3.8) is 0 Å². The second-order valence-corrected chi connectivity index (χ2v) is 9.60. The van der Waals surface area contributed by atoms with Gasteiger partial charge in [0.25, 0.3) is 10.2 Å². The molecule has 1 aromatic heterocycles. The number of nitrogens with two attached hydrogens (primary N) is 1. The molecule has 0 aliphatic carbocycles. The fourth-order valence-electron chi connectivity index (χ4n) is 4.12. The molecule has 4 rings (SSSR count). The number of halogens is 1. The van der Waals surface area contributed by atoms with E-state index in [2.05, 4.69) is 4.98 Å². The maximum atomic E-state index is 14.4. The maximum absolute atomic E-state index is 14.4. The summed E-state index contributed by atoms with van der Waals surface area (Å²) in [6.45, 7) is 2.00. The van der Waals surface area contributed by atoms with Crippen LogP contribution in [0.4, 0.5) is 4.39 Å². The van der Waals surface area contributed by atoms with E-state index in [4.69, 9.17) is 15.2 Å². The van der Waals surface area contributed by atoms with Crippen molar-refractivity contribution in [3.8, 4) is 5.88 Å². The van der Waals surface area contributed by atoms with Gasteiger partial charge in [-0.3, -0.25) is 0 Å². The zero-order chi connectivity index (χ0) is 21.8. The summed E-state index contributed by atoms with van der Waals surface area (Å²) in [5, 5.41) is 0. The van der Waals surface area contributed by atoms with Gasteiger partial charge in [-0.15, -0.1) is 0 Å². The van der Waals surface area contributed by atoms with Crippen LogP contribution in [0.25, 0.3) is 0 Å². The predicted molar refractivity (Wildman–Crippen MR) is 113 cm³/mol. The van der Waals surface area contributed by atoms with Crippen molar-refractivity contribution < 1.29 is 22.3 Å². The molecule has 2 fully saturated rings. The van der Waals surface area contributed by atoms with Crippen molar-refractivity contribution >= 4 is 10.2 Å². The SMILES string of the molecule is NCc1ccnc(OCC2CC(c3ccccc3F)CN2S(=O)(=O)N2CCOCC2)c1. The Hall–Kier alpha value is -2.11. The van der Waals surface area contributed by atoms with E-state index in [9.17, 15) is 12.8 Å². The lowest BCUT2D eigenvalue weighted by atomic mass is 9.96. The van der Waals surface area contributed by atoms with Crippen LogP contribution in [0.2, 0.25) is 0 Å². The number of rotatable bonds is 7. The Labute approximate surface area is 181 Å². The van der Waals surface area contributed by atoms with Gasteiger partial charge in [-0.2, -0.15) is 17.0 Å². The summed E-state index contributed by atoms with van der Waals surface area (Å²) in [5.41, 5.74) is 7.07. The first-order chi connectivity index (χ1) is 15.0. The Kier molecular flexibility index (Phi) is 6.83. The third kappa shape index (κ3) is 4.88.